The lowest BCUT2D eigenvalue weighted by Crippen LogP contribution is -2.31. The number of hydrogen-bond acceptors (Lipinski definition) is 5. The number of fused-ring (bicyclic) bond motifs is 1. The van der Waals surface area contributed by atoms with E-state index in [4.69, 9.17) is 0 Å². The molecule has 2 aliphatic heterocycles. The Kier molecular flexibility index (Phi) is 8.30. The van der Waals surface area contributed by atoms with E-state index >= 15 is 0 Å². The van der Waals surface area contributed by atoms with E-state index in [1.165, 1.54) is 36.6 Å². The third-order valence-corrected chi connectivity index (χ3v) is 7.92. The van der Waals surface area contributed by atoms with Crippen LogP contribution in [-0.2, 0) is 17.9 Å². The van der Waals surface area contributed by atoms with Crippen molar-refractivity contribution in [2.24, 2.45) is 0 Å². The van der Waals surface area contributed by atoms with Crippen molar-refractivity contribution < 1.29 is 27.8 Å². The van der Waals surface area contributed by atoms with E-state index in [1.54, 1.807) is 42.6 Å². The Labute approximate surface area is 254 Å². The molecule has 0 aliphatic carbocycles. The van der Waals surface area contributed by atoms with Crippen LogP contribution in [-0.4, -0.2) is 40.3 Å². The van der Waals surface area contributed by atoms with Crippen molar-refractivity contribution >= 4 is 17.2 Å². The van der Waals surface area contributed by atoms with E-state index in [2.05, 4.69) is 27.1 Å². The second-order valence-corrected chi connectivity index (χ2v) is 11.1. The van der Waals surface area contributed by atoms with Crippen LogP contribution in [0.4, 0.5) is 18.9 Å². The van der Waals surface area contributed by atoms with Gasteiger partial charge in [-0.2, -0.15) is 0 Å². The molecule has 1 atom stereocenters. The van der Waals surface area contributed by atoms with Crippen LogP contribution in [0.25, 0.3) is 5.57 Å². The molecule has 0 radical (unpaired) electrons. The summed E-state index contributed by atoms with van der Waals surface area (Å²) in [6.07, 6.45) is -0.659. The number of nitrogens with one attached hydrogen (secondary N) is 1. The highest BCUT2D eigenvalue weighted by Crippen LogP contribution is 2.42. The molecule has 1 unspecified atom stereocenters. The van der Waals surface area contributed by atoms with Gasteiger partial charge in [0, 0.05) is 25.0 Å². The highest BCUT2D eigenvalue weighted by atomic mass is 19.4. The Morgan fingerprint density at radius 1 is 0.864 bits per heavy atom. The van der Waals surface area contributed by atoms with Crippen molar-refractivity contribution in [1.82, 2.24) is 9.80 Å². The topological polar surface area (TPSA) is 65.0 Å². The Morgan fingerprint density at radius 3 is 2.34 bits per heavy atom. The van der Waals surface area contributed by atoms with Crippen molar-refractivity contribution in [2.75, 3.05) is 18.4 Å². The summed E-state index contributed by atoms with van der Waals surface area (Å²) in [7, 11) is 0. The minimum Gasteiger partial charge on any atom is -0.508 e. The first-order chi connectivity index (χ1) is 21.2. The van der Waals surface area contributed by atoms with Crippen LogP contribution in [0.3, 0.4) is 0 Å². The molecule has 0 spiro atoms. The maximum absolute atomic E-state index is 13.7. The largest absolute Gasteiger partial charge is 0.573 e. The number of benzene rings is 4. The second-order valence-electron chi connectivity index (χ2n) is 11.1. The zero-order chi connectivity index (χ0) is 30.7. The number of rotatable bonds is 8. The third-order valence-electron chi connectivity index (χ3n) is 7.92. The number of halogens is 3. The first-order valence-corrected chi connectivity index (χ1v) is 14.5. The monoisotopic (exact) mass is 599 g/mol. The van der Waals surface area contributed by atoms with Gasteiger partial charge in [-0.15, -0.1) is 13.2 Å². The molecular weight excluding hydrogens is 567 g/mol. The zero-order valence-corrected chi connectivity index (χ0v) is 23.9. The van der Waals surface area contributed by atoms with Gasteiger partial charge in [-0.1, -0.05) is 60.7 Å². The molecule has 44 heavy (non-hydrogen) atoms. The second kappa shape index (κ2) is 12.5. The fourth-order valence-corrected chi connectivity index (χ4v) is 5.98. The summed E-state index contributed by atoms with van der Waals surface area (Å²) in [5.74, 6) is -0.620. The van der Waals surface area contributed by atoms with E-state index in [-0.39, 0.29) is 24.0 Å². The van der Waals surface area contributed by atoms with Crippen molar-refractivity contribution in [3.05, 3.63) is 131 Å². The highest BCUT2D eigenvalue weighted by Gasteiger charge is 2.33. The van der Waals surface area contributed by atoms with Gasteiger partial charge in [0.05, 0.1) is 11.6 Å². The number of para-hydroxylation sites is 1. The van der Waals surface area contributed by atoms with Crippen LogP contribution in [0, 0.1) is 0 Å². The third kappa shape index (κ3) is 6.89. The van der Waals surface area contributed by atoms with Gasteiger partial charge < -0.3 is 20.1 Å². The van der Waals surface area contributed by atoms with Crippen molar-refractivity contribution in [3.8, 4) is 11.5 Å². The van der Waals surface area contributed by atoms with Crippen LogP contribution in [0.2, 0.25) is 0 Å². The number of likely N-dealkylation sites (tertiary alicyclic amines) is 1. The Balaban J connectivity index is 1.39. The number of ether oxygens (including phenoxy) is 1. The van der Waals surface area contributed by atoms with Gasteiger partial charge in [0.25, 0.3) is 5.91 Å². The average Bonchev–Trinajstić information content (AvgIpc) is 3.50. The zero-order valence-electron chi connectivity index (χ0n) is 23.9. The predicted octanol–water partition coefficient (Wildman–Crippen LogP) is 7.47. The molecule has 6 rings (SSSR count). The summed E-state index contributed by atoms with van der Waals surface area (Å²) in [6.45, 7) is 3.20. The van der Waals surface area contributed by atoms with E-state index in [0.717, 1.165) is 25.2 Å². The van der Waals surface area contributed by atoms with Gasteiger partial charge in [-0.25, -0.2) is 0 Å². The number of phenols is 1. The molecule has 226 valence electrons. The number of aromatic hydroxyl groups is 1. The molecule has 2 heterocycles. The lowest BCUT2D eigenvalue weighted by atomic mass is 9.86. The SMILES string of the molecule is O=C(Nc1ccccc1)C1=CN(Cc2cccc(OC(F)(F)F)c2)C(c2ccc(CN3CCCC3)cc2)c2cc(O)ccc21. The Hall–Kier alpha value is -4.76. The molecule has 4 aromatic rings. The maximum Gasteiger partial charge on any atom is 0.573 e. The minimum absolute atomic E-state index is 0.0460. The molecule has 1 saturated heterocycles. The Bertz CT molecular complexity index is 1650. The molecule has 2 aliphatic rings. The molecule has 9 heteroatoms. The van der Waals surface area contributed by atoms with Gasteiger partial charge in [0.1, 0.15) is 11.5 Å². The van der Waals surface area contributed by atoms with Crippen molar-refractivity contribution in [3.63, 3.8) is 0 Å². The van der Waals surface area contributed by atoms with E-state index in [0.29, 0.717) is 28.0 Å². The normalized spacial score (nSPS) is 16.8. The summed E-state index contributed by atoms with van der Waals surface area (Å²) in [5, 5.41) is 13.5. The molecule has 2 N–H and O–H groups in total. The molecule has 0 saturated carbocycles. The molecule has 0 bridgehead atoms. The number of phenolic OH excluding ortho intramolecular Hbond substituents is 1. The number of anilines is 1. The molecule has 1 fully saturated rings. The quantitative estimate of drug-likeness (QED) is 0.220. The first kappa shape index (κ1) is 29.3. The summed E-state index contributed by atoms with van der Waals surface area (Å²) < 4.78 is 43.1. The molecular formula is C35H32F3N3O3. The van der Waals surface area contributed by atoms with Crippen LogP contribution in [0.15, 0.2) is 103 Å². The van der Waals surface area contributed by atoms with Gasteiger partial charge in [-0.05, 0) is 90.1 Å². The number of alkyl halides is 3. The van der Waals surface area contributed by atoms with Gasteiger partial charge in [0.15, 0.2) is 0 Å². The van der Waals surface area contributed by atoms with Crippen LogP contribution in [0.1, 0.15) is 46.7 Å². The van der Waals surface area contributed by atoms with E-state index < -0.39 is 12.4 Å². The fourth-order valence-electron chi connectivity index (χ4n) is 5.98. The fraction of sp³-hybridized carbons (Fsp3) is 0.229. The molecule has 0 aromatic heterocycles. The first-order valence-electron chi connectivity index (χ1n) is 14.5. The van der Waals surface area contributed by atoms with Crippen LogP contribution >= 0.6 is 0 Å². The number of carbonyl (C=O) groups is 1. The number of carbonyl (C=O) groups excluding carboxylic acids is 1. The Morgan fingerprint density at radius 2 is 1.61 bits per heavy atom. The summed E-state index contributed by atoms with van der Waals surface area (Å²) in [4.78, 5) is 18.0. The van der Waals surface area contributed by atoms with Crippen LogP contribution in [0.5, 0.6) is 11.5 Å². The highest BCUT2D eigenvalue weighted by molar-refractivity contribution is 6.25. The molecule has 6 nitrogen and oxygen atoms in total. The van der Waals surface area contributed by atoms with Crippen LogP contribution < -0.4 is 10.1 Å². The molecule has 1 amide bonds. The summed E-state index contributed by atoms with van der Waals surface area (Å²) >= 11 is 0. The van der Waals surface area contributed by atoms with Gasteiger partial charge in [0.2, 0.25) is 0 Å². The van der Waals surface area contributed by atoms with E-state index in [1.807, 2.05) is 35.2 Å². The van der Waals surface area contributed by atoms with Gasteiger partial charge >= 0.3 is 6.36 Å². The number of nitrogens with zero attached hydrogens (tertiary/aromatic N) is 2. The number of amides is 1. The predicted molar refractivity (Wildman–Crippen MR) is 163 cm³/mol. The number of hydrogen-bond donors (Lipinski definition) is 2. The van der Waals surface area contributed by atoms with E-state index in [9.17, 15) is 23.1 Å². The maximum atomic E-state index is 13.7. The smallest absolute Gasteiger partial charge is 0.508 e. The average molecular weight is 600 g/mol. The summed E-state index contributed by atoms with van der Waals surface area (Å²) in [5.41, 5.74) is 5.03. The molecule has 4 aromatic carbocycles. The van der Waals surface area contributed by atoms with Crippen molar-refractivity contribution in [1.29, 1.82) is 0 Å². The standard InChI is InChI=1S/C35H32F3N3O3/c36-35(37,38)44-29-10-6-7-25(19-29)22-41-23-32(34(43)39-27-8-2-1-3-9-27)30-16-15-28(42)20-31(30)33(41)26-13-11-24(12-14-26)21-40-17-4-5-18-40/h1-3,6-16,19-20,23,33,42H,4-5,17-18,21-22H2,(H,39,43). The minimum atomic E-state index is -4.82. The van der Waals surface area contributed by atoms with Gasteiger partial charge in [-0.3, -0.25) is 9.69 Å². The summed E-state index contributed by atoms with van der Waals surface area (Å²) in [6, 6.07) is 27.7. The lowest BCUT2D eigenvalue weighted by molar-refractivity contribution is -0.274. The lowest BCUT2D eigenvalue weighted by Gasteiger charge is -2.37. The van der Waals surface area contributed by atoms with Crippen molar-refractivity contribution in [2.45, 2.75) is 38.3 Å².